The van der Waals surface area contributed by atoms with Crippen LogP contribution >= 0.6 is 11.6 Å². The quantitative estimate of drug-likeness (QED) is 0.765. The standard InChI is InChI=1S/C15H21ClFNO4S2/c1-11(2)10-23(19,20)12-5-7-18(8-6-12)24(21,22)13-3-4-15(17)14(16)9-13/h3-4,9,11-12H,5-8,10H2,1-2H3. The third kappa shape index (κ3) is 4.28. The van der Waals surface area contributed by atoms with Crippen molar-refractivity contribution >= 4 is 31.5 Å². The van der Waals surface area contributed by atoms with E-state index in [1.807, 2.05) is 13.8 Å². The summed E-state index contributed by atoms with van der Waals surface area (Å²) in [6.45, 7) is 3.93. The second-order valence-electron chi connectivity index (χ2n) is 6.40. The van der Waals surface area contributed by atoms with Crippen molar-refractivity contribution < 1.29 is 21.2 Å². The van der Waals surface area contributed by atoms with Crippen LogP contribution in [0.4, 0.5) is 4.39 Å². The lowest BCUT2D eigenvalue weighted by Gasteiger charge is -2.31. The summed E-state index contributed by atoms with van der Waals surface area (Å²) < 4.78 is 64.2. The molecule has 1 saturated heterocycles. The lowest BCUT2D eigenvalue weighted by atomic mass is 10.2. The second-order valence-corrected chi connectivity index (χ2v) is 11.1. The topological polar surface area (TPSA) is 71.5 Å². The zero-order chi connectivity index (χ0) is 18.1. The maximum Gasteiger partial charge on any atom is 0.243 e. The first-order valence-electron chi connectivity index (χ1n) is 7.71. The summed E-state index contributed by atoms with van der Waals surface area (Å²) in [4.78, 5) is -0.0858. The van der Waals surface area contributed by atoms with E-state index in [4.69, 9.17) is 11.6 Å². The highest BCUT2D eigenvalue weighted by Crippen LogP contribution is 2.27. The summed E-state index contributed by atoms with van der Waals surface area (Å²) in [5, 5.41) is -0.770. The highest BCUT2D eigenvalue weighted by Gasteiger charge is 2.35. The molecule has 0 spiro atoms. The van der Waals surface area contributed by atoms with Crippen LogP contribution in [0.2, 0.25) is 5.02 Å². The molecule has 0 unspecified atom stereocenters. The monoisotopic (exact) mass is 397 g/mol. The minimum atomic E-state index is -3.81. The normalized spacial score (nSPS) is 18.2. The summed E-state index contributed by atoms with van der Waals surface area (Å²) in [7, 11) is -7.03. The summed E-state index contributed by atoms with van der Waals surface area (Å²) in [5.41, 5.74) is 0. The molecule has 2 rings (SSSR count). The predicted octanol–water partition coefficient (Wildman–Crippen LogP) is 2.70. The van der Waals surface area contributed by atoms with Crippen molar-refractivity contribution in [3.8, 4) is 0 Å². The van der Waals surface area contributed by atoms with Gasteiger partial charge in [-0.2, -0.15) is 4.31 Å². The smallest absolute Gasteiger partial charge is 0.229 e. The fourth-order valence-electron chi connectivity index (χ4n) is 2.82. The molecule has 0 aliphatic carbocycles. The molecule has 24 heavy (non-hydrogen) atoms. The number of hydrogen-bond acceptors (Lipinski definition) is 4. The van der Waals surface area contributed by atoms with Crippen molar-refractivity contribution in [2.45, 2.75) is 36.8 Å². The first kappa shape index (κ1) is 19.6. The molecule has 9 heteroatoms. The lowest BCUT2D eigenvalue weighted by molar-refractivity contribution is 0.345. The van der Waals surface area contributed by atoms with Gasteiger partial charge in [-0.25, -0.2) is 21.2 Å². The fraction of sp³-hybridized carbons (Fsp3) is 0.600. The van der Waals surface area contributed by atoms with E-state index in [0.717, 1.165) is 18.2 Å². The van der Waals surface area contributed by atoms with Crippen LogP contribution in [0.1, 0.15) is 26.7 Å². The molecule has 1 aliphatic heterocycles. The Morgan fingerprint density at radius 2 is 1.79 bits per heavy atom. The first-order valence-corrected chi connectivity index (χ1v) is 11.2. The van der Waals surface area contributed by atoms with Crippen molar-refractivity contribution in [1.29, 1.82) is 0 Å². The first-order chi connectivity index (χ1) is 11.0. The average Bonchev–Trinajstić information content (AvgIpc) is 2.49. The Kier molecular flexibility index (Phi) is 5.95. The van der Waals surface area contributed by atoms with E-state index < -0.39 is 30.9 Å². The van der Waals surface area contributed by atoms with Gasteiger partial charge in [-0.1, -0.05) is 25.4 Å². The van der Waals surface area contributed by atoms with Gasteiger partial charge in [0.25, 0.3) is 0 Å². The van der Waals surface area contributed by atoms with E-state index in [1.54, 1.807) is 0 Å². The fourth-order valence-corrected chi connectivity index (χ4v) is 6.69. The molecule has 1 aliphatic rings. The van der Waals surface area contributed by atoms with Crippen LogP contribution in [-0.4, -0.2) is 45.2 Å². The van der Waals surface area contributed by atoms with E-state index in [-0.39, 0.29) is 47.5 Å². The summed E-state index contributed by atoms with van der Waals surface area (Å²) in [6.07, 6.45) is 0.534. The molecule has 0 saturated carbocycles. The molecule has 1 fully saturated rings. The lowest BCUT2D eigenvalue weighted by Crippen LogP contribution is -2.43. The van der Waals surface area contributed by atoms with Crippen LogP contribution in [-0.2, 0) is 19.9 Å². The van der Waals surface area contributed by atoms with E-state index in [1.165, 1.54) is 4.31 Å². The minimum Gasteiger partial charge on any atom is -0.229 e. The summed E-state index contributed by atoms with van der Waals surface area (Å²) in [5.74, 6) is -0.537. The number of benzene rings is 1. The van der Waals surface area contributed by atoms with Gasteiger partial charge in [0, 0.05) is 13.1 Å². The number of nitrogens with zero attached hydrogens (tertiary/aromatic N) is 1. The van der Waals surface area contributed by atoms with Crippen molar-refractivity contribution in [3.05, 3.63) is 29.0 Å². The molecule has 0 atom stereocenters. The van der Waals surface area contributed by atoms with Crippen LogP contribution in [0.15, 0.2) is 23.1 Å². The average molecular weight is 398 g/mol. The van der Waals surface area contributed by atoms with E-state index in [9.17, 15) is 21.2 Å². The van der Waals surface area contributed by atoms with Crippen LogP contribution < -0.4 is 0 Å². The molecule has 0 N–H and O–H groups in total. The number of hydrogen-bond donors (Lipinski definition) is 0. The van der Waals surface area contributed by atoms with Gasteiger partial charge in [0.2, 0.25) is 10.0 Å². The van der Waals surface area contributed by atoms with Crippen LogP contribution in [0.5, 0.6) is 0 Å². The van der Waals surface area contributed by atoms with E-state index in [2.05, 4.69) is 0 Å². The Balaban J connectivity index is 2.12. The number of rotatable bonds is 5. The molecule has 1 aromatic carbocycles. The molecular weight excluding hydrogens is 377 g/mol. The zero-order valence-electron chi connectivity index (χ0n) is 13.6. The Hall–Kier alpha value is -0.700. The molecule has 0 bridgehead atoms. The third-order valence-electron chi connectivity index (χ3n) is 4.00. The molecule has 0 amide bonds. The maximum atomic E-state index is 13.2. The number of sulfonamides is 1. The minimum absolute atomic E-state index is 0.0399. The SMILES string of the molecule is CC(C)CS(=O)(=O)C1CCN(S(=O)(=O)c2ccc(F)c(Cl)c2)CC1. The maximum absolute atomic E-state index is 13.2. The Labute approximate surface area is 147 Å². The van der Waals surface area contributed by atoms with Gasteiger partial charge < -0.3 is 0 Å². The molecule has 1 aromatic rings. The van der Waals surface area contributed by atoms with Crippen LogP contribution in [0, 0.1) is 11.7 Å². The molecular formula is C15H21ClFNO4S2. The molecule has 136 valence electrons. The highest BCUT2D eigenvalue weighted by molar-refractivity contribution is 7.92. The Bertz CT molecular complexity index is 801. The highest BCUT2D eigenvalue weighted by atomic mass is 35.5. The Morgan fingerprint density at radius 3 is 2.29 bits per heavy atom. The van der Waals surface area contributed by atoms with Crippen LogP contribution in [0.25, 0.3) is 0 Å². The van der Waals surface area contributed by atoms with Gasteiger partial charge in [0.1, 0.15) is 5.82 Å². The van der Waals surface area contributed by atoms with Crippen molar-refractivity contribution in [3.63, 3.8) is 0 Å². The van der Waals surface area contributed by atoms with Gasteiger partial charge in [-0.05, 0) is 37.0 Å². The second kappa shape index (κ2) is 7.27. The van der Waals surface area contributed by atoms with Crippen molar-refractivity contribution in [1.82, 2.24) is 4.31 Å². The summed E-state index contributed by atoms with van der Waals surface area (Å²) in [6, 6.07) is 3.25. The zero-order valence-corrected chi connectivity index (χ0v) is 16.0. The number of sulfone groups is 1. The molecule has 0 aromatic heterocycles. The summed E-state index contributed by atoms with van der Waals surface area (Å²) >= 11 is 5.65. The number of halogens is 2. The third-order valence-corrected chi connectivity index (χ3v) is 8.81. The van der Waals surface area contributed by atoms with E-state index in [0.29, 0.717) is 0 Å². The number of piperidine rings is 1. The van der Waals surface area contributed by atoms with Gasteiger partial charge in [-0.3, -0.25) is 0 Å². The predicted molar refractivity (Wildman–Crippen MR) is 91.8 cm³/mol. The van der Waals surface area contributed by atoms with Gasteiger partial charge in [-0.15, -0.1) is 0 Å². The molecule has 1 heterocycles. The van der Waals surface area contributed by atoms with Crippen molar-refractivity contribution in [2.24, 2.45) is 5.92 Å². The van der Waals surface area contributed by atoms with Crippen LogP contribution in [0.3, 0.4) is 0 Å². The largest absolute Gasteiger partial charge is 0.243 e. The van der Waals surface area contributed by atoms with Gasteiger partial charge in [0.15, 0.2) is 9.84 Å². The Morgan fingerprint density at radius 1 is 1.21 bits per heavy atom. The van der Waals surface area contributed by atoms with Gasteiger partial charge >= 0.3 is 0 Å². The molecule has 0 radical (unpaired) electrons. The van der Waals surface area contributed by atoms with E-state index >= 15 is 0 Å². The van der Waals surface area contributed by atoms with Gasteiger partial charge in [0.05, 0.1) is 20.9 Å². The molecule has 5 nitrogen and oxygen atoms in total. The van der Waals surface area contributed by atoms with Crippen molar-refractivity contribution in [2.75, 3.05) is 18.8 Å².